The maximum absolute atomic E-state index is 10.9. The molecule has 1 rings (SSSR count). The molecular weight excluding hydrogens is 308 g/mol. The van der Waals surface area contributed by atoms with E-state index in [9.17, 15) is 4.79 Å². The van der Waals surface area contributed by atoms with E-state index < -0.39 is 12.1 Å². The van der Waals surface area contributed by atoms with Crippen molar-refractivity contribution in [1.29, 1.82) is 10.5 Å². The van der Waals surface area contributed by atoms with E-state index in [0.717, 1.165) is 0 Å². The Morgan fingerprint density at radius 3 is 2.59 bits per heavy atom. The Kier molecular flexibility index (Phi) is 6.25. The number of halogens is 1. The molecule has 1 aromatic carbocycles. The Labute approximate surface area is 132 Å². The molecule has 0 saturated heterocycles. The summed E-state index contributed by atoms with van der Waals surface area (Å²) in [5.74, 6) is -0.797. The maximum Gasteiger partial charge on any atom is 0.344 e. The summed E-state index contributed by atoms with van der Waals surface area (Å²) < 4.78 is 10.7. The first-order chi connectivity index (χ1) is 10.4. The van der Waals surface area contributed by atoms with E-state index >= 15 is 0 Å². The molecule has 0 fully saturated rings. The van der Waals surface area contributed by atoms with Gasteiger partial charge in [0.15, 0.2) is 17.6 Å². The number of rotatable bonds is 6. The van der Waals surface area contributed by atoms with Crippen molar-refractivity contribution >= 4 is 23.6 Å². The highest BCUT2D eigenvalue weighted by atomic mass is 35.5. The number of benzene rings is 1. The van der Waals surface area contributed by atoms with Gasteiger partial charge in [0.25, 0.3) is 0 Å². The van der Waals surface area contributed by atoms with Gasteiger partial charge in [0.05, 0.1) is 11.6 Å². The van der Waals surface area contributed by atoms with E-state index in [0.29, 0.717) is 12.2 Å². The summed E-state index contributed by atoms with van der Waals surface area (Å²) in [4.78, 5) is 10.9. The molecule has 0 amide bonds. The lowest BCUT2D eigenvalue weighted by atomic mass is 10.1. The highest BCUT2D eigenvalue weighted by molar-refractivity contribution is 6.32. The van der Waals surface area contributed by atoms with Crippen molar-refractivity contribution in [3.8, 4) is 23.6 Å². The zero-order valence-corrected chi connectivity index (χ0v) is 12.7. The van der Waals surface area contributed by atoms with Gasteiger partial charge in [-0.05, 0) is 37.6 Å². The summed E-state index contributed by atoms with van der Waals surface area (Å²) in [5, 5.41) is 26.6. The van der Waals surface area contributed by atoms with E-state index in [-0.39, 0.29) is 22.1 Å². The number of carboxylic acid groups (broad SMARTS) is 1. The molecule has 22 heavy (non-hydrogen) atoms. The SMILES string of the molecule is CCOc1cc(C=C(C#N)C#N)cc(Cl)c1OC(C)C(=O)O. The maximum atomic E-state index is 10.9. The number of hydrogen-bond donors (Lipinski definition) is 1. The normalized spacial score (nSPS) is 10.8. The number of allylic oxidation sites excluding steroid dienone is 1. The molecule has 0 heterocycles. The van der Waals surface area contributed by atoms with Gasteiger partial charge in [0, 0.05) is 0 Å². The third-order valence-electron chi connectivity index (χ3n) is 2.53. The Balaban J connectivity index is 3.31. The van der Waals surface area contributed by atoms with Gasteiger partial charge < -0.3 is 14.6 Å². The number of ether oxygens (including phenoxy) is 2. The van der Waals surface area contributed by atoms with Crippen molar-refractivity contribution in [1.82, 2.24) is 0 Å². The van der Waals surface area contributed by atoms with Crippen LogP contribution in [0.3, 0.4) is 0 Å². The minimum absolute atomic E-state index is 0.0916. The molecule has 114 valence electrons. The fraction of sp³-hybridized carbons (Fsp3) is 0.267. The molecule has 0 bridgehead atoms. The third-order valence-corrected chi connectivity index (χ3v) is 2.81. The van der Waals surface area contributed by atoms with E-state index in [1.165, 1.54) is 25.1 Å². The Morgan fingerprint density at radius 2 is 2.09 bits per heavy atom. The van der Waals surface area contributed by atoms with Crippen LogP contribution in [-0.2, 0) is 4.79 Å². The van der Waals surface area contributed by atoms with Gasteiger partial charge in [-0.15, -0.1) is 0 Å². The number of nitrogens with zero attached hydrogens (tertiary/aromatic N) is 2. The average molecular weight is 321 g/mol. The molecular formula is C15H13ClN2O4. The summed E-state index contributed by atoms with van der Waals surface area (Å²) in [6.45, 7) is 3.42. The van der Waals surface area contributed by atoms with E-state index in [1.54, 1.807) is 19.1 Å². The van der Waals surface area contributed by atoms with Crippen LogP contribution < -0.4 is 9.47 Å². The zero-order chi connectivity index (χ0) is 16.7. The van der Waals surface area contributed by atoms with Crippen molar-refractivity contribution < 1.29 is 19.4 Å². The molecule has 1 aromatic rings. The number of nitriles is 2. The third kappa shape index (κ3) is 4.41. The van der Waals surface area contributed by atoms with E-state index in [1.807, 2.05) is 0 Å². The van der Waals surface area contributed by atoms with Crippen LogP contribution >= 0.6 is 11.6 Å². The van der Waals surface area contributed by atoms with Gasteiger partial charge in [-0.2, -0.15) is 10.5 Å². The van der Waals surface area contributed by atoms with Gasteiger partial charge in [0.2, 0.25) is 0 Å². The lowest BCUT2D eigenvalue weighted by molar-refractivity contribution is -0.144. The van der Waals surface area contributed by atoms with Crippen molar-refractivity contribution in [2.75, 3.05) is 6.61 Å². The number of aliphatic carboxylic acids is 1. The molecule has 0 aliphatic carbocycles. The quantitative estimate of drug-likeness (QED) is 0.808. The molecule has 0 aliphatic heterocycles. The van der Waals surface area contributed by atoms with Crippen LogP contribution in [0.1, 0.15) is 19.4 Å². The number of hydrogen-bond acceptors (Lipinski definition) is 5. The second kappa shape index (κ2) is 7.92. The first-order valence-electron chi connectivity index (χ1n) is 6.30. The first kappa shape index (κ1) is 17.4. The van der Waals surface area contributed by atoms with Crippen LogP contribution in [0.15, 0.2) is 17.7 Å². The van der Waals surface area contributed by atoms with Crippen LogP contribution in [0.5, 0.6) is 11.5 Å². The molecule has 1 unspecified atom stereocenters. The van der Waals surface area contributed by atoms with Crippen LogP contribution in [-0.4, -0.2) is 23.8 Å². The molecule has 0 saturated carbocycles. The highest BCUT2D eigenvalue weighted by Crippen LogP contribution is 2.38. The monoisotopic (exact) mass is 320 g/mol. The highest BCUT2D eigenvalue weighted by Gasteiger charge is 2.19. The Hall–Kier alpha value is -2.70. The van der Waals surface area contributed by atoms with E-state index in [4.69, 9.17) is 36.7 Å². The van der Waals surface area contributed by atoms with Crippen molar-refractivity contribution in [2.24, 2.45) is 0 Å². The number of carboxylic acids is 1. The first-order valence-corrected chi connectivity index (χ1v) is 6.68. The molecule has 1 atom stereocenters. The van der Waals surface area contributed by atoms with Gasteiger partial charge in [-0.3, -0.25) is 0 Å². The zero-order valence-electron chi connectivity index (χ0n) is 12.0. The Morgan fingerprint density at radius 1 is 1.45 bits per heavy atom. The number of carbonyl (C=O) groups is 1. The summed E-state index contributed by atoms with van der Waals surface area (Å²) >= 11 is 6.10. The van der Waals surface area contributed by atoms with Crippen LogP contribution in [0.2, 0.25) is 5.02 Å². The van der Waals surface area contributed by atoms with Gasteiger partial charge >= 0.3 is 5.97 Å². The Bertz CT molecular complexity index is 670. The summed E-state index contributed by atoms with van der Waals surface area (Å²) in [6.07, 6.45) is 0.241. The molecule has 0 spiro atoms. The largest absolute Gasteiger partial charge is 0.490 e. The van der Waals surface area contributed by atoms with Crippen molar-refractivity contribution in [3.63, 3.8) is 0 Å². The predicted octanol–water partition coefficient (Wildman–Crippen LogP) is 3.02. The summed E-state index contributed by atoms with van der Waals surface area (Å²) in [5.41, 5.74) is 0.382. The average Bonchev–Trinajstić information content (AvgIpc) is 2.48. The lowest BCUT2D eigenvalue weighted by Crippen LogP contribution is -2.23. The lowest BCUT2D eigenvalue weighted by Gasteiger charge is -2.16. The standard InChI is InChI=1S/C15H13ClN2O4/c1-3-21-13-6-10(4-11(7-17)8-18)5-12(16)14(13)22-9(2)15(19)20/h4-6,9H,3H2,1-2H3,(H,19,20). The molecule has 0 radical (unpaired) electrons. The fourth-order valence-electron chi connectivity index (χ4n) is 1.53. The molecule has 0 aliphatic rings. The second-order valence-corrected chi connectivity index (χ2v) is 4.55. The summed E-state index contributed by atoms with van der Waals surface area (Å²) in [6, 6.07) is 6.46. The van der Waals surface area contributed by atoms with Crippen LogP contribution in [0.25, 0.3) is 6.08 Å². The minimum Gasteiger partial charge on any atom is -0.490 e. The van der Waals surface area contributed by atoms with Crippen LogP contribution in [0, 0.1) is 22.7 Å². The molecule has 7 heteroatoms. The molecule has 0 aromatic heterocycles. The van der Waals surface area contributed by atoms with E-state index in [2.05, 4.69) is 0 Å². The predicted molar refractivity (Wildman–Crippen MR) is 79.5 cm³/mol. The van der Waals surface area contributed by atoms with Crippen molar-refractivity contribution in [2.45, 2.75) is 20.0 Å². The van der Waals surface area contributed by atoms with Gasteiger partial charge in [-0.1, -0.05) is 11.6 Å². The van der Waals surface area contributed by atoms with Gasteiger partial charge in [-0.25, -0.2) is 4.79 Å². The molecule has 6 nitrogen and oxygen atoms in total. The van der Waals surface area contributed by atoms with Gasteiger partial charge in [0.1, 0.15) is 17.7 Å². The minimum atomic E-state index is -1.14. The van der Waals surface area contributed by atoms with Crippen LogP contribution in [0.4, 0.5) is 0 Å². The topological polar surface area (TPSA) is 103 Å². The second-order valence-electron chi connectivity index (χ2n) is 4.14. The summed E-state index contributed by atoms with van der Waals surface area (Å²) in [7, 11) is 0. The van der Waals surface area contributed by atoms with Crippen molar-refractivity contribution in [3.05, 3.63) is 28.3 Å². The fourth-order valence-corrected chi connectivity index (χ4v) is 1.80. The molecule has 1 N–H and O–H groups in total. The smallest absolute Gasteiger partial charge is 0.344 e.